The summed E-state index contributed by atoms with van der Waals surface area (Å²) in [5.41, 5.74) is 3.02. The van der Waals surface area contributed by atoms with Crippen molar-refractivity contribution in [2.75, 3.05) is 12.4 Å². The number of carbonyl (C=O) groups is 1. The maximum absolute atomic E-state index is 12.3. The average Bonchev–Trinajstić information content (AvgIpc) is 2.46. The molecule has 0 aliphatic carbocycles. The Morgan fingerprint density at radius 2 is 1.84 bits per heavy atom. The van der Waals surface area contributed by atoms with Gasteiger partial charge in [-0.1, -0.05) is 36.4 Å². The fourth-order valence-corrected chi connectivity index (χ4v) is 2.56. The normalized spacial score (nSPS) is 17.5. The van der Waals surface area contributed by atoms with Crippen molar-refractivity contribution >= 4 is 11.6 Å². The van der Waals surface area contributed by atoms with Gasteiger partial charge in [0.25, 0.3) is 0 Å². The van der Waals surface area contributed by atoms with Crippen LogP contribution in [-0.4, -0.2) is 13.0 Å². The maximum atomic E-state index is 12.3. The number of nitrogens with one attached hydrogen (secondary N) is 1. The van der Waals surface area contributed by atoms with Gasteiger partial charge in [0, 0.05) is 11.3 Å². The van der Waals surface area contributed by atoms with Crippen LogP contribution in [0.15, 0.2) is 48.5 Å². The number of hydrogen-bond acceptors (Lipinski definition) is 2. The zero-order valence-corrected chi connectivity index (χ0v) is 10.7. The summed E-state index contributed by atoms with van der Waals surface area (Å²) < 4.78 is 5.35. The minimum atomic E-state index is -0.189. The number of amides is 1. The monoisotopic (exact) mass is 253 g/mol. The van der Waals surface area contributed by atoms with Gasteiger partial charge in [0.15, 0.2) is 0 Å². The lowest BCUT2D eigenvalue weighted by Gasteiger charge is -2.25. The van der Waals surface area contributed by atoms with Crippen molar-refractivity contribution in [3.8, 4) is 5.75 Å². The van der Waals surface area contributed by atoms with Gasteiger partial charge in [0.1, 0.15) is 5.75 Å². The van der Waals surface area contributed by atoms with Crippen molar-refractivity contribution in [3.63, 3.8) is 0 Å². The zero-order valence-electron chi connectivity index (χ0n) is 10.7. The Kier molecular flexibility index (Phi) is 2.95. The predicted molar refractivity (Wildman–Crippen MR) is 74.5 cm³/mol. The highest BCUT2D eigenvalue weighted by Crippen LogP contribution is 2.35. The number of rotatable bonds is 2. The molecular weight excluding hydrogens is 238 g/mol. The second-order valence-electron chi connectivity index (χ2n) is 4.65. The van der Waals surface area contributed by atoms with E-state index in [0.717, 1.165) is 22.6 Å². The van der Waals surface area contributed by atoms with Crippen LogP contribution in [0, 0.1) is 0 Å². The molecule has 0 radical (unpaired) electrons. The van der Waals surface area contributed by atoms with Crippen LogP contribution in [0.5, 0.6) is 5.75 Å². The van der Waals surface area contributed by atoms with Crippen LogP contribution in [0.1, 0.15) is 17.0 Å². The first-order valence-corrected chi connectivity index (χ1v) is 6.31. The average molecular weight is 253 g/mol. The van der Waals surface area contributed by atoms with E-state index in [1.807, 2.05) is 42.5 Å². The Morgan fingerprint density at radius 3 is 2.68 bits per heavy atom. The van der Waals surface area contributed by atoms with E-state index in [0.29, 0.717) is 6.42 Å². The maximum Gasteiger partial charge on any atom is 0.232 e. The zero-order chi connectivity index (χ0) is 13.2. The molecule has 0 aromatic heterocycles. The fraction of sp³-hybridized carbons (Fsp3) is 0.188. The van der Waals surface area contributed by atoms with Crippen molar-refractivity contribution in [3.05, 3.63) is 59.7 Å². The number of methoxy groups -OCH3 is 1. The molecule has 3 rings (SSSR count). The summed E-state index contributed by atoms with van der Waals surface area (Å²) in [6.07, 6.45) is 0.711. The van der Waals surface area contributed by atoms with Crippen molar-refractivity contribution in [1.29, 1.82) is 0 Å². The Labute approximate surface area is 112 Å². The summed E-state index contributed by atoms with van der Waals surface area (Å²) in [7, 11) is 1.63. The molecule has 1 N–H and O–H groups in total. The van der Waals surface area contributed by atoms with Crippen LogP contribution < -0.4 is 10.1 Å². The molecule has 0 spiro atoms. The van der Waals surface area contributed by atoms with E-state index in [1.165, 1.54) is 0 Å². The minimum Gasteiger partial charge on any atom is -0.496 e. The smallest absolute Gasteiger partial charge is 0.232 e. The van der Waals surface area contributed by atoms with E-state index in [4.69, 9.17) is 4.74 Å². The summed E-state index contributed by atoms with van der Waals surface area (Å²) in [5.74, 6) is 0.608. The Balaban J connectivity index is 2.01. The molecule has 1 unspecified atom stereocenters. The Bertz CT molecular complexity index is 622. The molecule has 0 fully saturated rings. The van der Waals surface area contributed by atoms with E-state index in [2.05, 4.69) is 11.4 Å². The van der Waals surface area contributed by atoms with Crippen molar-refractivity contribution < 1.29 is 9.53 Å². The summed E-state index contributed by atoms with van der Waals surface area (Å²) in [6.45, 7) is 0. The van der Waals surface area contributed by atoms with E-state index < -0.39 is 0 Å². The van der Waals surface area contributed by atoms with E-state index in [1.54, 1.807) is 7.11 Å². The number of benzene rings is 2. The largest absolute Gasteiger partial charge is 0.496 e. The summed E-state index contributed by atoms with van der Waals surface area (Å²) in [6, 6.07) is 15.6. The van der Waals surface area contributed by atoms with Gasteiger partial charge in [0.05, 0.1) is 13.0 Å². The topological polar surface area (TPSA) is 38.3 Å². The third-order valence-corrected chi connectivity index (χ3v) is 3.53. The van der Waals surface area contributed by atoms with Crippen molar-refractivity contribution in [2.24, 2.45) is 0 Å². The van der Waals surface area contributed by atoms with Gasteiger partial charge in [-0.15, -0.1) is 0 Å². The lowest BCUT2D eigenvalue weighted by atomic mass is 9.87. The number of anilines is 1. The molecule has 1 amide bonds. The molecule has 1 atom stereocenters. The van der Waals surface area contributed by atoms with E-state index in [9.17, 15) is 4.79 Å². The van der Waals surface area contributed by atoms with Crippen LogP contribution >= 0.6 is 0 Å². The molecule has 0 saturated heterocycles. The Hall–Kier alpha value is -2.29. The second kappa shape index (κ2) is 4.76. The standard InChI is InChI=1S/C16H15NO2/c1-19-15-9-5-3-7-12(15)13-10-11-6-2-4-8-14(11)17-16(13)18/h2-9,13H,10H2,1H3,(H,17,18). The highest BCUT2D eigenvalue weighted by Gasteiger charge is 2.29. The van der Waals surface area contributed by atoms with Gasteiger partial charge in [-0.3, -0.25) is 4.79 Å². The Morgan fingerprint density at radius 1 is 1.11 bits per heavy atom. The summed E-state index contributed by atoms with van der Waals surface area (Å²) >= 11 is 0. The van der Waals surface area contributed by atoms with Gasteiger partial charge in [-0.25, -0.2) is 0 Å². The molecule has 0 bridgehead atoms. The van der Waals surface area contributed by atoms with Gasteiger partial charge < -0.3 is 10.1 Å². The first-order chi connectivity index (χ1) is 9.29. The predicted octanol–water partition coefficient (Wildman–Crippen LogP) is 2.97. The third-order valence-electron chi connectivity index (χ3n) is 3.53. The molecule has 1 aliphatic heterocycles. The second-order valence-corrected chi connectivity index (χ2v) is 4.65. The number of hydrogen-bond donors (Lipinski definition) is 1. The lowest BCUT2D eigenvalue weighted by molar-refractivity contribution is -0.117. The van der Waals surface area contributed by atoms with Gasteiger partial charge in [-0.05, 0) is 24.1 Å². The molecule has 3 heteroatoms. The van der Waals surface area contributed by atoms with Crippen molar-refractivity contribution in [1.82, 2.24) is 0 Å². The SMILES string of the molecule is COc1ccccc1C1Cc2ccccc2NC1=O. The van der Waals surface area contributed by atoms with Crippen molar-refractivity contribution in [2.45, 2.75) is 12.3 Å². The quantitative estimate of drug-likeness (QED) is 0.893. The lowest BCUT2D eigenvalue weighted by Crippen LogP contribution is -2.28. The van der Waals surface area contributed by atoms with Crippen LogP contribution in [0.25, 0.3) is 0 Å². The van der Waals surface area contributed by atoms with Crippen LogP contribution in [0.4, 0.5) is 5.69 Å². The number of para-hydroxylation sites is 2. The molecular formula is C16H15NO2. The molecule has 19 heavy (non-hydrogen) atoms. The first-order valence-electron chi connectivity index (χ1n) is 6.31. The number of fused-ring (bicyclic) bond motifs is 1. The highest BCUT2D eigenvalue weighted by atomic mass is 16.5. The summed E-state index contributed by atoms with van der Waals surface area (Å²) in [4.78, 5) is 12.3. The van der Waals surface area contributed by atoms with Gasteiger partial charge >= 0.3 is 0 Å². The van der Waals surface area contributed by atoms with Gasteiger partial charge in [0.2, 0.25) is 5.91 Å². The third kappa shape index (κ3) is 2.08. The minimum absolute atomic E-state index is 0.0307. The molecule has 3 nitrogen and oxygen atoms in total. The fourth-order valence-electron chi connectivity index (χ4n) is 2.56. The molecule has 2 aromatic carbocycles. The summed E-state index contributed by atoms with van der Waals surface area (Å²) in [5, 5.41) is 2.97. The van der Waals surface area contributed by atoms with Crippen LogP contribution in [-0.2, 0) is 11.2 Å². The first kappa shape index (κ1) is 11.8. The number of ether oxygens (including phenoxy) is 1. The number of carbonyl (C=O) groups excluding carboxylic acids is 1. The molecule has 1 heterocycles. The highest BCUT2D eigenvalue weighted by molar-refractivity contribution is 5.99. The van der Waals surface area contributed by atoms with Gasteiger partial charge in [-0.2, -0.15) is 0 Å². The van der Waals surface area contributed by atoms with Crippen LogP contribution in [0.2, 0.25) is 0 Å². The molecule has 2 aromatic rings. The van der Waals surface area contributed by atoms with E-state index in [-0.39, 0.29) is 11.8 Å². The molecule has 0 saturated carbocycles. The van der Waals surface area contributed by atoms with Crippen LogP contribution in [0.3, 0.4) is 0 Å². The molecule has 1 aliphatic rings. The molecule has 96 valence electrons. The van der Waals surface area contributed by atoms with E-state index >= 15 is 0 Å².